The molecule has 0 unspecified atom stereocenters. The number of hydrogen-bond acceptors (Lipinski definition) is 4. The Bertz CT molecular complexity index is 690. The molecule has 2 N–H and O–H groups in total. The molecule has 0 fully saturated rings. The van der Waals surface area contributed by atoms with Gasteiger partial charge in [0.25, 0.3) is 0 Å². The third-order valence-electron chi connectivity index (χ3n) is 2.65. The first-order valence-electron chi connectivity index (χ1n) is 5.43. The van der Waals surface area contributed by atoms with E-state index >= 15 is 0 Å². The third kappa shape index (κ3) is 2.68. The van der Waals surface area contributed by atoms with E-state index in [1.165, 1.54) is 25.4 Å². The Hall–Kier alpha value is -1.49. The summed E-state index contributed by atoms with van der Waals surface area (Å²) in [6.45, 7) is 0. The number of halogens is 3. The Morgan fingerprint density at radius 1 is 1.30 bits per heavy atom. The molecule has 0 aliphatic carbocycles. The van der Waals surface area contributed by atoms with Crippen LogP contribution in [0.2, 0.25) is 15.1 Å². The maximum absolute atomic E-state index is 11.8. The maximum atomic E-state index is 11.8. The van der Waals surface area contributed by atoms with Gasteiger partial charge in [-0.3, -0.25) is 0 Å². The molecule has 2 rings (SSSR count). The largest absolute Gasteiger partial charge is 0.465 e. The molecule has 0 aliphatic heterocycles. The van der Waals surface area contributed by atoms with Gasteiger partial charge in [0, 0.05) is 22.3 Å². The number of esters is 1. The zero-order valence-electron chi connectivity index (χ0n) is 10.3. The lowest BCUT2D eigenvalue weighted by atomic mass is 10.0. The second-order valence-electron chi connectivity index (χ2n) is 3.86. The number of pyridine rings is 1. The molecule has 0 amide bonds. The number of aromatic nitrogens is 1. The van der Waals surface area contributed by atoms with Crippen LogP contribution in [-0.2, 0) is 4.74 Å². The monoisotopic (exact) mass is 330 g/mol. The quantitative estimate of drug-likeness (QED) is 0.665. The molecule has 1 aromatic heterocycles. The number of nitrogen functional groups attached to an aromatic ring is 1. The molecule has 2 aromatic rings. The number of anilines is 1. The molecule has 0 radical (unpaired) electrons. The van der Waals surface area contributed by atoms with E-state index in [9.17, 15) is 4.79 Å². The zero-order valence-corrected chi connectivity index (χ0v) is 12.6. The molecule has 0 aliphatic rings. The summed E-state index contributed by atoms with van der Waals surface area (Å²) in [4.78, 5) is 15.8. The molecular weight excluding hydrogens is 323 g/mol. The van der Waals surface area contributed by atoms with E-state index in [1.807, 2.05) is 0 Å². The molecule has 20 heavy (non-hydrogen) atoms. The SMILES string of the molecule is COC(=O)c1ccnc(N)c1-c1cc(Cl)cc(Cl)c1Cl. The first kappa shape index (κ1) is 14.9. The first-order chi connectivity index (χ1) is 9.45. The molecular formula is C13H9Cl3N2O2. The number of hydrogen-bond donors (Lipinski definition) is 1. The van der Waals surface area contributed by atoms with Gasteiger partial charge < -0.3 is 10.5 Å². The van der Waals surface area contributed by atoms with Crippen LogP contribution < -0.4 is 5.73 Å². The van der Waals surface area contributed by atoms with Crippen molar-refractivity contribution in [3.05, 3.63) is 45.0 Å². The van der Waals surface area contributed by atoms with Crippen LogP contribution in [-0.4, -0.2) is 18.1 Å². The summed E-state index contributed by atoms with van der Waals surface area (Å²) in [6, 6.07) is 4.55. The minimum Gasteiger partial charge on any atom is -0.465 e. The number of nitrogens with two attached hydrogens (primary N) is 1. The van der Waals surface area contributed by atoms with Gasteiger partial charge in [0.05, 0.1) is 22.7 Å². The molecule has 1 heterocycles. The van der Waals surface area contributed by atoms with Gasteiger partial charge in [0.2, 0.25) is 0 Å². The molecule has 0 atom stereocenters. The molecule has 0 saturated heterocycles. The van der Waals surface area contributed by atoms with Crippen molar-refractivity contribution in [1.82, 2.24) is 4.98 Å². The van der Waals surface area contributed by atoms with Crippen molar-refractivity contribution >= 4 is 46.6 Å². The highest BCUT2D eigenvalue weighted by molar-refractivity contribution is 6.45. The standard InChI is InChI=1S/C13H9Cl3N2O2/c1-20-13(19)7-2-3-18-12(17)10(7)8-4-6(14)5-9(15)11(8)16/h2-5H,1H3,(H2,17,18). The molecule has 7 heteroatoms. The predicted octanol–water partition coefficient (Wildman–Crippen LogP) is 4.08. The van der Waals surface area contributed by atoms with E-state index in [2.05, 4.69) is 4.98 Å². The lowest BCUT2D eigenvalue weighted by Gasteiger charge is -2.13. The summed E-state index contributed by atoms with van der Waals surface area (Å²) in [5.74, 6) is -0.422. The lowest BCUT2D eigenvalue weighted by molar-refractivity contribution is 0.0601. The van der Waals surface area contributed by atoms with Crippen LogP contribution in [0.5, 0.6) is 0 Å². The fourth-order valence-corrected chi connectivity index (χ4v) is 2.48. The minimum atomic E-state index is -0.554. The summed E-state index contributed by atoms with van der Waals surface area (Å²) >= 11 is 18.1. The van der Waals surface area contributed by atoms with E-state index < -0.39 is 5.97 Å². The molecule has 0 spiro atoms. The van der Waals surface area contributed by atoms with Gasteiger partial charge in [0.15, 0.2) is 0 Å². The minimum absolute atomic E-state index is 0.133. The Morgan fingerprint density at radius 3 is 2.65 bits per heavy atom. The topological polar surface area (TPSA) is 65.2 Å². The number of rotatable bonds is 2. The van der Waals surface area contributed by atoms with Gasteiger partial charge in [-0.1, -0.05) is 34.8 Å². The molecule has 1 aromatic carbocycles. The predicted molar refractivity (Wildman–Crippen MR) is 80.5 cm³/mol. The molecule has 104 valence electrons. The number of benzene rings is 1. The normalized spacial score (nSPS) is 10.4. The zero-order chi connectivity index (χ0) is 14.9. The maximum Gasteiger partial charge on any atom is 0.338 e. The van der Waals surface area contributed by atoms with E-state index in [0.717, 1.165) is 0 Å². The second kappa shape index (κ2) is 5.87. The smallest absolute Gasteiger partial charge is 0.338 e. The number of methoxy groups -OCH3 is 1. The lowest BCUT2D eigenvalue weighted by Crippen LogP contribution is -2.07. The van der Waals surface area contributed by atoms with Gasteiger partial charge in [0.1, 0.15) is 5.82 Å². The van der Waals surface area contributed by atoms with Crippen LogP contribution in [0, 0.1) is 0 Å². The Kier molecular flexibility index (Phi) is 4.38. The highest BCUT2D eigenvalue weighted by atomic mass is 35.5. The Balaban J connectivity index is 2.79. The van der Waals surface area contributed by atoms with Gasteiger partial charge in [-0.05, 0) is 18.2 Å². The second-order valence-corrected chi connectivity index (χ2v) is 5.08. The highest BCUT2D eigenvalue weighted by Crippen LogP contribution is 2.39. The van der Waals surface area contributed by atoms with E-state index in [-0.39, 0.29) is 21.4 Å². The van der Waals surface area contributed by atoms with Crippen molar-refractivity contribution < 1.29 is 9.53 Å². The van der Waals surface area contributed by atoms with Crippen molar-refractivity contribution in [2.45, 2.75) is 0 Å². The van der Waals surface area contributed by atoms with Crippen LogP contribution in [0.25, 0.3) is 11.1 Å². The number of nitrogens with zero attached hydrogens (tertiary/aromatic N) is 1. The number of carbonyl (C=O) groups is 1. The number of ether oxygens (including phenoxy) is 1. The Labute approximate surface area is 130 Å². The summed E-state index contributed by atoms with van der Waals surface area (Å²) < 4.78 is 4.72. The summed E-state index contributed by atoms with van der Waals surface area (Å²) in [6.07, 6.45) is 1.41. The van der Waals surface area contributed by atoms with Crippen LogP contribution in [0.15, 0.2) is 24.4 Å². The van der Waals surface area contributed by atoms with Gasteiger partial charge in [-0.15, -0.1) is 0 Å². The summed E-state index contributed by atoms with van der Waals surface area (Å²) in [5, 5.41) is 0.864. The summed E-state index contributed by atoms with van der Waals surface area (Å²) in [5.41, 5.74) is 6.86. The molecule has 0 bridgehead atoms. The van der Waals surface area contributed by atoms with Crippen molar-refractivity contribution in [1.29, 1.82) is 0 Å². The van der Waals surface area contributed by atoms with Gasteiger partial charge in [-0.2, -0.15) is 0 Å². The van der Waals surface area contributed by atoms with Crippen molar-refractivity contribution in [2.75, 3.05) is 12.8 Å². The van der Waals surface area contributed by atoms with E-state index in [1.54, 1.807) is 6.07 Å². The summed E-state index contributed by atoms with van der Waals surface area (Å²) in [7, 11) is 1.27. The molecule has 4 nitrogen and oxygen atoms in total. The highest BCUT2D eigenvalue weighted by Gasteiger charge is 2.20. The molecule has 0 saturated carbocycles. The van der Waals surface area contributed by atoms with Crippen LogP contribution in [0.4, 0.5) is 5.82 Å². The number of carbonyl (C=O) groups excluding carboxylic acids is 1. The van der Waals surface area contributed by atoms with Crippen molar-refractivity contribution in [3.63, 3.8) is 0 Å². The van der Waals surface area contributed by atoms with Gasteiger partial charge in [-0.25, -0.2) is 9.78 Å². The Morgan fingerprint density at radius 2 is 2.00 bits per heavy atom. The van der Waals surface area contributed by atoms with E-state index in [0.29, 0.717) is 16.1 Å². The fourth-order valence-electron chi connectivity index (χ4n) is 1.78. The van der Waals surface area contributed by atoms with Crippen LogP contribution in [0.3, 0.4) is 0 Å². The third-order valence-corrected chi connectivity index (χ3v) is 3.67. The van der Waals surface area contributed by atoms with Gasteiger partial charge >= 0.3 is 5.97 Å². The van der Waals surface area contributed by atoms with Crippen LogP contribution in [0.1, 0.15) is 10.4 Å². The van der Waals surface area contributed by atoms with E-state index in [4.69, 9.17) is 45.3 Å². The average molecular weight is 332 g/mol. The fraction of sp³-hybridized carbons (Fsp3) is 0.0769. The first-order valence-corrected chi connectivity index (χ1v) is 6.56. The van der Waals surface area contributed by atoms with Crippen molar-refractivity contribution in [2.24, 2.45) is 0 Å². The van der Waals surface area contributed by atoms with Crippen molar-refractivity contribution in [3.8, 4) is 11.1 Å². The van der Waals surface area contributed by atoms with Crippen LogP contribution >= 0.6 is 34.8 Å². The average Bonchev–Trinajstić information content (AvgIpc) is 2.42.